The zero-order valence-corrected chi connectivity index (χ0v) is 9.20. The number of aromatic amines is 1. The summed E-state index contributed by atoms with van der Waals surface area (Å²) in [4.78, 5) is 15.4. The summed E-state index contributed by atoms with van der Waals surface area (Å²) in [7, 11) is 0. The Bertz CT molecular complexity index is 667. The van der Waals surface area contributed by atoms with Gasteiger partial charge < -0.3 is 14.5 Å². The largest absolute Gasteiger partial charge is 0.444 e. The Kier molecular flexibility index (Phi) is 1.79. The molecule has 0 aliphatic carbocycles. The number of ether oxygens (including phenoxy) is 2. The molecule has 18 heavy (non-hydrogen) atoms. The predicted molar refractivity (Wildman–Crippen MR) is 62.1 cm³/mol. The monoisotopic (exact) mass is 240 g/mol. The summed E-state index contributed by atoms with van der Waals surface area (Å²) in [5.74, 6) is 2.02. The lowest BCUT2D eigenvalue weighted by Crippen LogP contribution is -2.09. The molecule has 1 N–H and O–H groups in total. The average Bonchev–Trinajstić information content (AvgIpc) is 3.02. The third-order valence-electron chi connectivity index (χ3n) is 2.72. The molecule has 4 rings (SSSR count). The maximum atomic E-state index is 5.66. The molecule has 0 bridgehead atoms. The smallest absolute Gasteiger partial charge is 0.300 e. The lowest BCUT2D eigenvalue weighted by molar-refractivity contribution is 0.0415. The van der Waals surface area contributed by atoms with Crippen molar-refractivity contribution >= 4 is 11.2 Å². The van der Waals surface area contributed by atoms with Crippen molar-refractivity contribution < 1.29 is 9.47 Å². The van der Waals surface area contributed by atoms with Crippen LogP contribution >= 0.6 is 0 Å². The molecule has 2 aromatic heterocycles. The molecule has 0 saturated heterocycles. The molecule has 3 heterocycles. The Hall–Kier alpha value is -2.63. The highest BCUT2D eigenvalue weighted by Crippen LogP contribution is 2.39. The number of H-pyrrole nitrogens is 1. The minimum Gasteiger partial charge on any atom is -0.444 e. The first-order chi connectivity index (χ1) is 8.90. The molecule has 1 aliphatic heterocycles. The molecule has 6 nitrogen and oxygen atoms in total. The van der Waals surface area contributed by atoms with Crippen molar-refractivity contribution in [1.82, 2.24) is 19.9 Å². The van der Waals surface area contributed by atoms with E-state index in [1.165, 1.54) is 6.33 Å². The number of hydrogen-bond acceptors (Lipinski definition) is 5. The van der Waals surface area contributed by atoms with Crippen LogP contribution in [0.25, 0.3) is 11.2 Å². The van der Waals surface area contributed by atoms with Gasteiger partial charge in [-0.2, -0.15) is 0 Å². The third kappa shape index (κ3) is 1.32. The number of para-hydroxylation sites is 2. The van der Waals surface area contributed by atoms with Crippen molar-refractivity contribution in [3.8, 4) is 11.5 Å². The number of nitrogens with zero attached hydrogens (tertiary/aromatic N) is 3. The Labute approximate surface area is 102 Å². The van der Waals surface area contributed by atoms with Gasteiger partial charge in [-0.15, -0.1) is 0 Å². The molecular weight excluding hydrogens is 232 g/mol. The zero-order chi connectivity index (χ0) is 11.9. The van der Waals surface area contributed by atoms with E-state index in [4.69, 9.17) is 9.47 Å². The van der Waals surface area contributed by atoms with Crippen LogP contribution < -0.4 is 9.47 Å². The Balaban J connectivity index is 1.73. The summed E-state index contributed by atoms with van der Waals surface area (Å²) in [6.45, 7) is 0. The fourth-order valence-corrected chi connectivity index (χ4v) is 1.90. The molecule has 6 heteroatoms. The highest BCUT2D eigenvalue weighted by Gasteiger charge is 2.28. The van der Waals surface area contributed by atoms with Crippen LogP contribution in [0.3, 0.4) is 0 Å². The molecule has 1 aromatic carbocycles. The summed E-state index contributed by atoms with van der Waals surface area (Å²) < 4.78 is 11.3. The van der Waals surface area contributed by atoms with Crippen molar-refractivity contribution in [2.75, 3.05) is 0 Å². The van der Waals surface area contributed by atoms with E-state index in [9.17, 15) is 0 Å². The SMILES string of the molecule is c1ccc2c(c1)OC(c1nc3ncncc3[nH]1)O2. The van der Waals surface area contributed by atoms with Gasteiger partial charge in [-0.25, -0.2) is 15.0 Å². The molecule has 1 aliphatic rings. The number of fused-ring (bicyclic) bond motifs is 2. The van der Waals surface area contributed by atoms with Gasteiger partial charge in [0.2, 0.25) is 0 Å². The summed E-state index contributed by atoms with van der Waals surface area (Å²) in [5.41, 5.74) is 1.36. The standard InChI is InChI=1S/C12H8N4O2/c1-2-4-9-8(3-1)17-12(18-9)11-15-7-5-13-6-14-10(7)16-11/h1-6,12H,(H,13,14,15,16). The number of nitrogens with one attached hydrogen (secondary N) is 1. The van der Waals surface area contributed by atoms with E-state index < -0.39 is 6.29 Å². The first-order valence-electron chi connectivity index (χ1n) is 5.48. The van der Waals surface area contributed by atoms with Crippen LogP contribution in [0.5, 0.6) is 11.5 Å². The second-order valence-corrected chi connectivity index (χ2v) is 3.90. The third-order valence-corrected chi connectivity index (χ3v) is 2.72. The van der Waals surface area contributed by atoms with Gasteiger partial charge in [-0.05, 0) is 12.1 Å². The fraction of sp³-hybridized carbons (Fsp3) is 0.0833. The number of imidazole rings is 1. The van der Waals surface area contributed by atoms with Gasteiger partial charge in [0, 0.05) is 0 Å². The van der Waals surface area contributed by atoms with Gasteiger partial charge in [0.15, 0.2) is 23.0 Å². The number of hydrogen-bond donors (Lipinski definition) is 1. The van der Waals surface area contributed by atoms with E-state index in [1.807, 2.05) is 24.3 Å². The lowest BCUT2D eigenvalue weighted by Gasteiger charge is -2.05. The summed E-state index contributed by atoms with van der Waals surface area (Å²) in [5, 5.41) is 0. The highest BCUT2D eigenvalue weighted by molar-refractivity contribution is 5.68. The van der Waals surface area contributed by atoms with Gasteiger partial charge >= 0.3 is 6.29 Å². The minimum atomic E-state index is -0.559. The van der Waals surface area contributed by atoms with E-state index in [1.54, 1.807) is 6.20 Å². The summed E-state index contributed by atoms with van der Waals surface area (Å²) in [6.07, 6.45) is 2.57. The topological polar surface area (TPSA) is 72.9 Å². The van der Waals surface area contributed by atoms with Gasteiger partial charge in [0.25, 0.3) is 0 Å². The fourth-order valence-electron chi connectivity index (χ4n) is 1.90. The molecule has 88 valence electrons. The zero-order valence-electron chi connectivity index (χ0n) is 9.20. The lowest BCUT2D eigenvalue weighted by atomic mass is 10.3. The molecule has 3 aromatic rings. The van der Waals surface area contributed by atoms with Gasteiger partial charge in [-0.1, -0.05) is 12.1 Å². The number of rotatable bonds is 1. The minimum absolute atomic E-state index is 0.559. The summed E-state index contributed by atoms with van der Waals surface area (Å²) in [6, 6.07) is 7.51. The Morgan fingerprint density at radius 1 is 1.11 bits per heavy atom. The highest BCUT2D eigenvalue weighted by atomic mass is 16.7. The van der Waals surface area contributed by atoms with Crippen LogP contribution in [0, 0.1) is 0 Å². The van der Waals surface area contributed by atoms with Crippen molar-refractivity contribution in [3.63, 3.8) is 0 Å². The average molecular weight is 240 g/mol. The second-order valence-electron chi connectivity index (χ2n) is 3.90. The summed E-state index contributed by atoms with van der Waals surface area (Å²) >= 11 is 0. The van der Waals surface area contributed by atoms with Crippen LogP contribution in [0.2, 0.25) is 0 Å². The molecule has 0 saturated carbocycles. The van der Waals surface area contributed by atoms with Crippen LogP contribution in [0.4, 0.5) is 0 Å². The van der Waals surface area contributed by atoms with Crippen LogP contribution in [0.15, 0.2) is 36.8 Å². The maximum Gasteiger partial charge on any atom is 0.300 e. The van der Waals surface area contributed by atoms with Crippen molar-refractivity contribution in [1.29, 1.82) is 0 Å². The number of benzene rings is 1. The van der Waals surface area contributed by atoms with Gasteiger partial charge in [-0.3, -0.25) is 0 Å². The van der Waals surface area contributed by atoms with Crippen molar-refractivity contribution in [2.45, 2.75) is 6.29 Å². The van der Waals surface area contributed by atoms with E-state index in [0.29, 0.717) is 23.0 Å². The molecule has 0 radical (unpaired) electrons. The molecule has 0 spiro atoms. The Morgan fingerprint density at radius 3 is 2.61 bits per heavy atom. The van der Waals surface area contributed by atoms with Crippen molar-refractivity contribution in [3.05, 3.63) is 42.6 Å². The normalized spacial score (nSPS) is 14.2. The first-order valence-corrected chi connectivity index (χ1v) is 5.48. The predicted octanol–water partition coefficient (Wildman–Crippen LogP) is 1.82. The Morgan fingerprint density at radius 2 is 1.89 bits per heavy atom. The molecular formula is C12H8N4O2. The van der Waals surface area contributed by atoms with Crippen LogP contribution in [-0.2, 0) is 0 Å². The molecule has 0 amide bonds. The molecule has 0 unspecified atom stereocenters. The quantitative estimate of drug-likeness (QED) is 0.702. The van der Waals surface area contributed by atoms with E-state index in [-0.39, 0.29) is 0 Å². The molecule has 0 atom stereocenters. The van der Waals surface area contributed by atoms with Crippen LogP contribution in [0.1, 0.15) is 12.1 Å². The number of aromatic nitrogens is 4. The van der Waals surface area contributed by atoms with Gasteiger partial charge in [0.1, 0.15) is 11.8 Å². The van der Waals surface area contributed by atoms with E-state index in [0.717, 1.165) is 5.52 Å². The molecule has 0 fully saturated rings. The first kappa shape index (κ1) is 9.41. The second kappa shape index (κ2) is 3.43. The van der Waals surface area contributed by atoms with Gasteiger partial charge in [0.05, 0.1) is 6.20 Å². The van der Waals surface area contributed by atoms with E-state index >= 15 is 0 Å². The van der Waals surface area contributed by atoms with Crippen molar-refractivity contribution in [2.24, 2.45) is 0 Å². The van der Waals surface area contributed by atoms with Crippen LogP contribution in [-0.4, -0.2) is 19.9 Å². The van der Waals surface area contributed by atoms with E-state index in [2.05, 4.69) is 19.9 Å². The maximum absolute atomic E-state index is 5.66.